The third kappa shape index (κ3) is 2.88. The maximum Gasteiger partial charge on any atom is 0.460 e. The van der Waals surface area contributed by atoms with E-state index >= 15 is 0 Å². The highest BCUT2D eigenvalue weighted by atomic mass is 19.4. The predicted octanol–water partition coefficient (Wildman–Crippen LogP) is 2.25. The van der Waals surface area contributed by atoms with Crippen molar-refractivity contribution in [3.8, 4) is 0 Å². The highest BCUT2D eigenvalue weighted by Gasteiger charge is 2.45. The van der Waals surface area contributed by atoms with Gasteiger partial charge in [0.15, 0.2) is 0 Å². The van der Waals surface area contributed by atoms with Gasteiger partial charge in [-0.15, -0.1) is 0 Å². The Balaban J connectivity index is 2.52. The van der Waals surface area contributed by atoms with Gasteiger partial charge in [-0.2, -0.15) is 13.2 Å². The first-order valence-electron chi connectivity index (χ1n) is 4.25. The summed E-state index contributed by atoms with van der Waals surface area (Å²) in [5.41, 5.74) is 0. The molecule has 76 valence electrons. The molecule has 0 amide bonds. The summed E-state index contributed by atoms with van der Waals surface area (Å²) in [6.07, 6.45) is -6.03. The van der Waals surface area contributed by atoms with Gasteiger partial charge in [-0.1, -0.05) is 13.8 Å². The van der Waals surface area contributed by atoms with Crippen LogP contribution in [0.3, 0.4) is 0 Å². The first-order valence-corrected chi connectivity index (χ1v) is 4.25. The molecule has 1 aliphatic heterocycles. The van der Waals surface area contributed by atoms with E-state index in [2.05, 4.69) is 0 Å². The zero-order valence-electron chi connectivity index (χ0n) is 7.60. The van der Waals surface area contributed by atoms with Crippen molar-refractivity contribution in [3.63, 3.8) is 0 Å². The van der Waals surface area contributed by atoms with Crippen LogP contribution in [-0.4, -0.2) is 26.0 Å². The Labute approximate surface area is 75.5 Å². The Hall–Kier alpha value is -0.225. The van der Waals surface area contributed by atoms with Crippen LogP contribution in [0, 0.1) is 0 Å². The summed E-state index contributed by atoms with van der Waals surface area (Å²) in [4.78, 5) is 0. The van der Waals surface area contributed by atoms with Crippen molar-refractivity contribution in [1.29, 1.82) is 0 Å². The Bertz CT molecular complexity index is 172. The molecule has 2 nitrogen and oxygen atoms in total. The minimum atomic E-state index is -4.27. The van der Waals surface area contributed by atoms with Crippen LogP contribution < -0.4 is 0 Å². The lowest BCUT2D eigenvalue weighted by Crippen LogP contribution is -2.45. The van der Waals surface area contributed by atoms with Gasteiger partial charge in [0.1, 0.15) is 6.10 Å². The molecule has 0 aromatic carbocycles. The van der Waals surface area contributed by atoms with Crippen LogP contribution in [-0.2, 0) is 9.31 Å². The van der Waals surface area contributed by atoms with Gasteiger partial charge in [-0.3, -0.25) is 0 Å². The molecule has 13 heavy (non-hydrogen) atoms. The summed E-state index contributed by atoms with van der Waals surface area (Å²) < 4.78 is 46.4. The molecule has 1 saturated heterocycles. The van der Waals surface area contributed by atoms with Gasteiger partial charge in [-0.25, -0.2) is 0 Å². The summed E-state index contributed by atoms with van der Waals surface area (Å²) in [7, 11) is -0.722. The third-order valence-electron chi connectivity index (χ3n) is 1.87. The number of rotatable bonds is 1. The van der Waals surface area contributed by atoms with E-state index in [0.29, 0.717) is 0 Å². The largest absolute Gasteiger partial charge is 0.460 e. The number of halogens is 3. The van der Waals surface area contributed by atoms with Crippen LogP contribution >= 0.6 is 0 Å². The predicted molar refractivity (Wildman–Crippen MR) is 42.3 cm³/mol. The molecule has 0 aromatic heterocycles. The average molecular weight is 196 g/mol. The maximum atomic E-state index is 12.2. The van der Waals surface area contributed by atoms with E-state index < -0.39 is 19.4 Å². The van der Waals surface area contributed by atoms with Crippen molar-refractivity contribution < 1.29 is 22.5 Å². The van der Waals surface area contributed by atoms with Crippen molar-refractivity contribution in [2.75, 3.05) is 6.61 Å². The highest BCUT2D eigenvalue weighted by Crippen LogP contribution is 2.30. The van der Waals surface area contributed by atoms with E-state index in [0.717, 1.165) is 0 Å². The molecular weight excluding hydrogens is 184 g/mol. The summed E-state index contributed by atoms with van der Waals surface area (Å²) >= 11 is 0. The fraction of sp³-hybridized carbons (Fsp3) is 1.00. The van der Waals surface area contributed by atoms with Gasteiger partial charge in [-0.05, 0) is 5.82 Å². The van der Waals surface area contributed by atoms with E-state index in [1.807, 2.05) is 0 Å². The van der Waals surface area contributed by atoms with Crippen LogP contribution in [0.1, 0.15) is 20.3 Å². The second kappa shape index (κ2) is 3.88. The van der Waals surface area contributed by atoms with Crippen LogP contribution in [0.4, 0.5) is 13.2 Å². The Morgan fingerprint density at radius 3 is 2.46 bits per heavy atom. The third-order valence-corrected chi connectivity index (χ3v) is 1.87. The van der Waals surface area contributed by atoms with E-state index in [1.54, 1.807) is 13.8 Å². The molecule has 6 heteroatoms. The molecule has 1 unspecified atom stereocenters. The smallest absolute Gasteiger partial charge is 0.411 e. The number of hydrogen-bond acceptors (Lipinski definition) is 2. The van der Waals surface area contributed by atoms with Crippen molar-refractivity contribution in [2.24, 2.45) is 0 Å². The van der Waals surface area contributed by atoms with Gasteiger partial charge in [0.2, 0.25) is 0 Å². The molecule has 1 atom stereocenters. The number of alkyl halides is 3. The van der Waals surface area contributed by atoms with Crippen molar-refractivity contribution in [1.82, 2.24) is 0 Å². The quantitative estimate of drug-likeness (QED) is 0.598. The fourth-order valence-corrected chi connectivity index (χ4v) is 1.15. The standard InChI is InChI=1S/C7H12BF3O2/c1-5(2)8-12-4-3-6(13-8)7(9,10)11/h5-6H,3-4H2,1-2H3. The second-order valence-corrected chi connectivity index (χ2v) is 3.44. The molecule has 0 radical (unpaired) electrons. The first-order chi connectivity index (χ1) is 5.91. The first kappa shape index (κ1) is 10.9. The SMILES string of the molecule is CC(C)B1OCCC(C(F)(F)F)O1. The Kier molecular flexibility index (Phi) is 3.24. The molecule has 0 N–H and O–H groups in total. The van der Waals surface area contributed by atoms with E-state index in [-0.39, 0.29) is 18.8 Å². The average Bonchev–Trinajstić information content (AvgIpc) is 2.03. The molecular formula is C7H12BF3O2. The zero-order valence-corrected chi connectivity index (χ0v) is 7.60. The van der Waals surface area contributed by atoms with Gasteiger partial charge >= 0.3 is 13.3 Å². The summed E-state index contributed by atoms with van der Waals surface area (Å²) in [5.74, 6) is -0.0508. The summed E-state index contributed by atoms with van der Waals surface area (Å²) in [6, 6.07) is 0. The van der Waals surface area contributed by atoms with Gasteiger partial charge in [0.05, 0.1) is 0 Å². The van der Waals surface area contributed by atoms with Crippen LogP contribution in [0.5, 0.6) is 0 Å². The monoisotopic (exact) mass is 196 g/mol. The molecule has 0 aliphatic carbocycles. The Morgan fingerprint density at radius 2 is 2.00 bits per heavy atom. The summed E-state index contributed by atoms with van der Waals surface area (Å²) in [5, 5.41) is 0. The van der Waals surface area contributed by atoms with E-state index in [9.17, 15) is 13.2 Å². The topological polar surface area (TPSA) is 18.5 Å². The molecule has 1 aliphatic rings. The molecule has 0 saturated carbocycles. The van der Waals surface area contributed by atoms with Crippen LogP contribution in [0.2, 0.25) is 5.82 Å². The van der Waals surface area contributed by atoms with Crippen molar-refractivity contribution in [3.05, 3.63) is 0 Å². The van der Waals surface area contributed by atoms with Crippen LogP contribution in [0.25, 0.3) is 0 Å². The van der Waals surface area contributed by atoms with Crippen LogP contribution in [0.15, 0.2) is 0 Å². The van der Waals surface area contributed by atoms with Crippen molar-refractivity contribution >= 4 is 7.12 Å². The van der Waals surface area contributed by atoms with E-state index in [4.69, 9.17) is 9.31 Å². The lowest BCUT2D eigenvalue weighted by atomic mass is 9.73. The van der Waals surface area contributed by atoms with Gasteiger partial charge in [0.25, 0.3) is 0 Å². The fourth-order valence-electron chi connectivity index (χ4n) is 1.15. The normalized spacial score (nSPS) is 25.4. The highest BCUT2D eigenvalue weighted by molar-refractivity contribution is 6.46. The molecule has 1 rings (SSSR count). The van der Waals surface area contributed by atoms with E-state index in [1.165, 1.54) is 0 Å². The Morgan fingerprint density at radius 1 is 1.38 bits per heavy atom. The minimum absolute atomic E-state index is 0.0508. The van der Waals surface area contributed by atoms with Gasteiger partial charge < -0.3 is 9.31 Å². The molecule has 0 bridgehead atoms. The van der Waals surface area contributed by atoms with Gasteiger partial charge in [0, 0.05) is 13.0 Å². The minimum Gasteiger partial charge on any atom is -0.411 e. The molecule has 0 aromatic rings. The number of hydrogen-bond donors (Lipinski definition) is 0. The molecule has 1 heterocycles. The summed E-state index contributed by atoms with van der Waals surface area (Å²) in [6.45, 7) is 3.65. The molecule has 0 spiro atoms. The second-order valence-electron chi connectivity index (χ2n) is 3.44. The van der Waals surface area contributed by atoms with Crippen molar-refractivity contribution in [2.45, 2.75) is 38.4 Å². The zero-order chi connectivity index (χ0) is 10.1. The lowest BCUT2D eigenvalue weighted by Gasteiger charge is -2.31. The maximum absolute atomic E-state index is 12.2. The molecule has 1 fully saturated rings. The lowest BCUT2D eigenvalue weighted by molar-refractivity contribution is -0.211.